The van der Waals surface area contributed by atoms with Gasteiger partial charge in [-0.3, -0.25) is 0 Å². The van der Waals surface area contributed by atoms with E-state index in [9.17, 15) is 0 Å². The standard InChI is InChI=1S/C17H20BrClS/c1-8-7-20-17(16(8)19)15(18)14-12(5)10(3)9(2)11(4)13(14)6/h7,15H,1-6H3. The first-order chi connectivity index (χ1) is 9.27. The Bertz CT molecular complexity index is 641. The zero-order valence-electron chi connectivity index (χ0n) is 12.8. The van der Waals surface area contributed by atoms with Crippen molar-refractivity contribution in [1.29, 1.82) is 0 Å². The second-order valence-electron chi connectivity index (χ2n) is 5.50. The van der Waals surface area contributed by atoms with E-state index < -0.39 is 0 Å². The first-order valence-electron chi connectivity index (χ1n) is 6.71. The molecule has 0 nitrogen and oxygen atoms in total. The average Bonchev–Trinajstić information content (AvgIpc) is 2.74. The highest BCUT2D eigenvalue weighted by Crippen LogP contribution is 2.44. The quantitative estimate of drug-likeness (QED) is 0.513. The molecule has 0 aliphatic heterocycles. The van der Waals surface area contributed by atoms with Crippen molar-refractivity contribution in [2.45, 2.75) is 46.4 Å². The first-order valence-corrected chi connectivity index (χ1v) is 8.89. The van der Waals surface area contributed by atoms with Crippen LogP contribution in [0.15, 0.2) is 5.38 Å². The fourth-order valence-electron chi connectivity index (χ4n) is 2.66. The molecule has 0 amide bonds. The van der Waals surface area contributed by atoms with E-state index in [1.807, 2.05) is 0 Å². The topological polar surface area (TPSA) is 0 Å². The molecule has 108 valence electrons. The van der Waals surface area contributed by atoms with Crippen LogP contribution in [0.1, 0.15) is 48.6 Å². The van der Waals surface area contributed by atoms with Crippen molar-refractivity contribution in [3.8, 4) is 0 Å². The zero-order valence-corrected chi connectivity index (χ0v) is 16.0. The van der Waals surface area contributed by atoms with Crippen molar-refractivity contribution in [3.05, 3.63) is 54.2 Å². The minimum Gasteiger partial charge on any atom is -0.145 e. The number of hydrogen-bond acceptors (Lipinski definition) is 1. The van der Waals surface area contributed by atoms with Crippen LogP contribution in [0.5, 0.6) is 0 Å². The predicted octanol–water partition coefficient (Wildman–Crippen LogP) is 6.74. The normalized spacial score (nSPS) is 12.8. The summed E-state index contributed by atoms with van der Waals surface area (Å²) in [5.74, 6) is 0. The monoisotopic (exact) mass is 370 g/mol. The molecular weight excluding hydrogens is 352 g/mol. The van der Waals surface area contributed by atoms with Crippen molar-refractivity contribution in [1.82, 2.24) is 0 Å². The number of alkyl halides is 1. The summed E-state index contributed by atoms with van der Waals surface area (Å²) in [6.45, 7) is 13.1. The Hall–Kier alpha value is -0.310. The maximum absolute atomic E-state index is 6.45. The van der Waals surface area contributed by atoms with Gasteiger partial charge in [0, 0.05) is 4.88 Å². The highest BCUT2D eigenvalue weighted by atomic mass is 79.9. The molecule has 0 saturated carbocycles. The van der Waals surface area contributed by atoms with Gasteiger partial charge in [-0.05, 0) is 85.9 Å². The van der Waals surface area contributed by atoms with E-state index in [2.05, 4.69) is 62.9 Å². The third-order valence-electron chi connectivity index (χ3n) is 4.47. The van der Waals surface area contributed by atoms with Crippen LogP contribution in [0.3, 0.4) is 0 Å². The molecule has 0 aliphatic rings. The smallest absolute Gasteiger partial charge is 0.0758 e. The van der Waals surface area contributed by atoms with E-state index in [0.29, 0.717) is 0 Å². The number of benzene rings is 1. The summed E-state index contributed by atoms with van der Waals surface area (Å²) < 4.78 is 0. The molecule has 0 saturated heterocycles. The molecule has 1 unspecified atom stereocenters. The van der Waals surface area contributed by atoms with Crippen LogP contribution in [0.2, 0.25) is 5.02 Å². The summed E-state index contributed by atoms with van der Waals surface area (Å²) in [6.07, 6.45) is 0. The van der Waals surface area contributed by atoms with E-state index >= 15 is 0 Å². The van der Waals surface area contributed by atoms with Gasteiger partial charge in [0.05, 0.1) is 9.85 Å². The van der Waals surface area contributed by atoms with Crippen LogP contribution in [0, 0.1) is 41.5 Å². The van der Waals surface area contributed by atoms with Crippen molar-refractivity contribution in [3.63, 3.8) is 0 Å². The zero-order chi connectivity index (χ0) is 15.2. The minimum atomic E-state index is 0.173. The molecule has 0 bridgehead atoms. The second-order valence-corrected chi connectivity index (χ2v) is 7.70. The summed E-state index contributed by atoms with van der Waals surface area (Å²) in [7, 11) is 0. The van der Waals surface area contributed by atoms with Gasteiger partial charge in [-0.2, -0.15) is 0 Å². The Morgan fingerprint density at radius 1 is 0.900 bits per heavy atom. The third kappa shape index (κ3) is 2.47. The van der Waals surface area contributed by atoms with Crippen molar-refractivity contribution >= 4 is 38.9 Å². The van der Waals surface area contributed by atoms with Crippen LogP contribution in [-0.2, 0) is 0 Å². The first kappa shape index (κ1) is 16.1. The molecule has 1 atom stereocenters. The molecule has 0 aliphatic carbocycles. The summed E-state index contributed by atoms with van der Waals surface area (Å²) in [4.78, 5) is 1.38. The van der Waals surface area contributed by atoms with Gasteiger partial charge in [-0.15, -0.1) is 11.3 Å². The molecule has 2 rings (SSSR count). The van der Waals surface area contributed by atoms with Gasteiger partial charge >= 0.3 is 0 Å². The van der Waals surface area contributed by atoms with Crippen LogP contribution < -0.4 is 0 Å². The summed E-state index contributed by atoms with van der Waals surface area (Å²) in [5.41, 5.74) is 9.44. The molecule has 0 radical (unpaired) electrons. The number of hydrogen-bond donors (Lipinski definition) is 0. The largest absolute Gasteiger partial charge is 0.145 e. The van der Waals surface area contributed by atoms with E-state index in [-0.39, 0.29) is 4.83 Å². The molecule has 2 aromatic rings. The summed E-state index contributed by atoms with van der Waals surface area (Å²) in [5, 5.41) is 3.02. The summed E-state index contributed by atoms with van der Waals surface area (Å²) in [6, 6.07) is 0. The Labute approximate surface area is 139 Å². The number of halogens is 2. The SMILES string of the molecule is Cc1csc(C(Br)c2c(C)c(C)c(C)c(C)c2C)c1Cl. The van der Waals surface area contributed by atoms with Gasteiger partial charge in [0.2, 0.25) is 0 Å². The Morgan fingerprint density at radius 2 is 1.35 bits per heavy atom. The van der Waals surface area contributed by atoms with E-state index in [1.54, 1.807) is 11.3 Å². The van der Waals surface area contributed by atoms with Gasteiger partial charge < -0.3 is 0 Å². The fraction of sp³-hybridized carbons (Fsp3) is 0.412. The minimum absolute atomic E-state index is 0.173. The third-order valence-corrected chi connectivity index (χ3v) is 7.46. The van der Waals surface area contributed by atoms with Gasteiger partial charge in [0.1, 0.15) is 0 Å². The highest BCUT2D eigenvalue weighted by molar-refractivity contribution is 9.09. The fourth-order valence-corrected chi connectivity index (χ4v) is 5.32. The molecular formula is C17H20BrClS. The average molecular weight is 372 g/mol. The second kappa shape index (κ2) is 5.82. The molecule has 1 heterocycles. The van der Waals surface area contributed by atoms with Crippen LogP contribution >= 0.6 is 38.9 Å². The number of aryl methyl sites for hydroxylation is 1. The Kier molecular flexibility index (Phi) is 4.68. The lowest BCUT2D eigenvalue weighted by molar-refractivity contribution is 1.07. The van der Waals surface area contributed by atoms with Crippen LogP contribution in [0.4, 0.5) is 0 Å². The Morgan fingerprint density at radius 3 is 1.75 bits per heavy atom. The molecule has 20 heavy (non-hydrogen) atoms. The lowest BCUT2D eigenvalue weighted by Crippen LogP contribution is -2.05. The lowest BCUT2D eigenvalue weighted by Gasteiger charge is -2.22. The molecule has 1 aromatic heterocycles. The van der Waals surface area contributed by atoms with E-state index in [0.717, 1.165) is 10.6 Å². The summed E-state index contributed by atoms with van der Waals surface area (Å²) >= 11 is 12.1. The maximum Gasteiger partial charge on any atom is 0.0758 e. The molecule has 3 heteroatoms. The molecule has 0 fully saturated rings. The van der Waals surface area contributed by atoms with E-state index in [1.165, 1.54) is 38.3 Å². The number of rotatable bonds is 2. The molecule has 1 aromatic carbocycles. The van der Waals surface area contributed by atoms with Gasteiger partial charge in [0.15, 0.2) is 0 Å². The van der Waals surface area contributed by atoms with Crippen LogP contribution in [-0.4, -0.2) is 0 Å². The van der Waals surface area contributed by atoms with Crippen molar-refractivity contribution in [2.24, 2.45) is 0 Å². The molecule has 0 N–H and O–H groups in total. The molecule has 0 spiro atoms. The van der Waals surface area contributed by atoms with E-state index in [4.69, 9.17) is 11.6 Å². The van der Waals surface area contributed by atoms with Crippen LogP contribution in [0.25, 0.3) is 0 Å². The maximum atomic E-state index is 6.45. The van der Waals surface area contributed by atoms with Crippen molar-refractivity contribution < 1.29 is 0 Å². The van der Waals surface area contributed by atoms with Gasteiger partial charge in [0.25, 0.3) is 0 Å². The predicted molar refractivity (Wildman–Crippen MR) is 95.0 cm³/mol. The van der Waals surface area contributed by atoms with Gasteiger partial charge in [-0.1, -0.05) is 27.5 Å². The lowest BCUT2D eigenvalue weighted by atomic mass is 9.88. The Balaban J connectivity index is 2.67. The highest BCUT2D eigenvalue weighted by Gasteiger charge is 2.23. The van der Waals surface area contributed by atoms with Gasteiger partial charge in [-0.25, -0.2) is 0 Å². The van der Waals surface area contributed by atoms with Crippen molar-refractivity contribution in [2.75, 3.05) is 0 Å². The number of thiophene rings is 1.